The highest BCUT2D eigenvalue weighted by Gasteiger charge is 2.22. The summed E-state index contributed by atoms with van der Waals surface area (Å²) in [6, 6.07) is 2.35. The number of H-pyrrole nitrogens is 2. The van der Waals surface area contributed by atoms with E-state index in [0.29, 0.717) is 5.69 Å². The molecule has 2 aromatic heterocycles. The van der Waals surface area contributed by atoms with Crippen molar-refractivity contribution in [1.82, 2.24) is 9.97 Å². The molecule has 0 saturated carbocycles. The van der Waals surface area contributed by atoms with Crippen LogP contribution in [-0.4, -0.2) is 9.97 Å². The van der Waals surface area contributed by atoms with Crippen LogP contribution in [-0.2, 0) is 0 Å². The molecule has 0 aliphatic heterocycles. The Morgan fingerprint density at radius 3 is 1.67 bits per heavy atom. The first-order valence-corrected chi connectivity index (χ1v) is 7.25. The molecule has 0 spiro atoms. The van der Waals surface area contributed by atoms with Crippen LogP contribution < -0.4 is 0 Å². The van der Waals surface area contributed by atoms with Crippen LogP contribution in [0.15, 0.2) is 18.3 Å². The summed E-state index contributed by atoms with van der Waals surface area (Å²) in [6.45, 7) is 1.54. The predicted octanol–water partition coefficient (Wildman–Crippen LogP) is 5.76. The van der Waals surface area contributed by atoms with Crippen molar-refractivity contribution in [3.8, 4) is 0 Å². The van der Waals surface area contributed by atoms with Gasteiger partial charge in [0.25, 0.3) is 0 Å². The lowest BCUT2D eigenvalue weighted by molar-refractivity contribution is 0.417. The van der Waals surface area contributed by atoms with Crippen molar-refractivity contribution in [1.29, 1.82) is 0 Å². The lowest BCUT2D eigenvalue weighted by Gasteiger charge is -1.98. The first-order chi connectivity index (χ1) is 12.6. The Balaban J connectivity index is 0.000000156. The van der Waals surface area contributed by atoms with Crippen LogP contribution in [0.3, 0.4) is 0 Å². The van der Waals surface area contributed by atoms with Crippen LogP contribution in [0, 0.1) is 53.5 Å². The number of nitrogens with one attached hydrogen (secondary N) is 2. The van der Waals surface area contributed by atoms with Crippen molar-refractivity contribution in [2.45, 2.75) is 6.92 Å². The Labute approximate surface area is 145 Å². The van der Waals surface area contributed by atoms with Crippen LogP contribution in [0.4, 0.5) is 35.1 Å². The van der Waals surface area contributed by atoms with Crippen LogP contribution in [0.2, 0.25) is 0 Å². The second-order valence-corrected chi connectivity index (χ2v) is 5.52. The zero-order chi connectivity index (χ0) is 20.0. The summed E-state index contributed by atoms with van der Waals surface area (Å²) < 4.78 is 102. The van der Waals surface area contributed by atoms with E-state index in [4.69, 9.17) is 0 Å². The molecule has 0 aliphatic carbocycles. The number of fused-ring (bicyclic) bond motifs is 2. The van der Waals surface area contributed by atoms with Crippen molar-refractivity contribution in [2.24, 2.45) is 0 Å². The summed E-state index contributed by atoms with van der Waals surface area (Å²) in [6.07, 6.45) is 1.20. The third-order valence-corrected chi connectivity index (χ3v) is 3.77. The van der Waals surface area contributed by atoms with E-state index in [-0.39, 0.29) is 21.8 Å². The van der Waals surface area contributed by atoms with E-state index in [9.17, 15) is 35.1 Å². The molecule has 2 N–H and O–H groups in total. The highest BCUT2D eigenvalue weighted by atomic mass is 19.2. The van der Waals surface area contributed by atoms with E-state index in [1.165, 1.54) is 19.2 Å². The Morgan fingerprint density at radius 1 is 0.593 bits per heavy atom. The molecular formula is C17H8F8N2. The average molecular weight is 392 g/mol. The largest absolute Gasteiger partial charge is 0.359 e. The van der Waals surface area contributed by atoms with Gasteiger partial charge >= 0.3 is 0 Å². The monoisotopic (exact) mass is 392 g/mol. The Morgan fingerprint density at radius 2 is 1.07 bits per heavy atom. The normalized spacial score (nSPS) is 11.1. The smallest absolute Gasteiger partial charge is 0.199 e. The van der Waals surface area contributed by atoms with Gasteiger partial charge in [-0.05, 0) is 19.1 Å². The summed E-state index contributed by atoms with van der Waals surface area (Å²) in [7, 11) is 0. The minimum atomic E-state index is -1.80. The second-order valence-electron chi connectivity index (χ2n) is 5.52. The standard InChI is InChI=1S/C9H5F4N.C8H3F4N/c1-3-2-4-5(10)6(11)7(12)8(13)9(4)14-3;9-4-3-1-2-13-8(3)7(12)6(11)5(4)10/h2,14H,1H3;1-2,13H. The minimum absolute atomic E-state index is 0.279. The molecule has 0 bridgehead atoms. The van der Waals surface area contributed by atoms with E-state index in [0.717, 1.165) is 6.07 Å². The van der Waals surface area contributed by atoms with Crippen molar-refractivity contribution in [3.63, 3.8) is 0 Å². The summed E-state index contributed by atoms with van der Waals surface area (Å²) in [5.74, 6) is -12.7. The molecule has 4 rings (SSSR count). The zero-order valence-corrected chi connectivity index (χ0v) is 13.3. The van der Waals surface area contributed by atoms with Crippen molar-refractivity contribution in [2.75, 3.05) is 0 Å². The van der Waals surface area contributed by atoms with Gasteiger partial charge in [0.15, 0.2) is 46.5 Å². The van der Waals surface area contributed by atoms with Crippen molar-refractivity contribution < 1.29 is 35.1 Å². The van der Waals surface area contributed by atoms with Gasteiger partial charge in [0.1, 0.15) is 0 Å². The summed E-state index contributed by atoms with van der Waals surface area (Å²) in [5, 5.41) is -0.574. The first-order valence-electron chi connectivity index (χ1n) is 7.25. The molecule has 10 heteroatoms. The number of aromatic nitrogens is 2. The van der Waals surface area contributed by atoms with Gasteiger partial charge in [0.2, 0.25) is 0 Å². The number of hydrogen-bond acceptors (Lipinski definition) is 0. The fraction of sp³-hybridized carbons (Fsp3) is 0.0588. The summed E-state index contributed by atoms with van der Waals surface area (Å²) in [4.78, 5) is 4.69. The van der Waals surface area contributed by atoms with Gasteiger partial charge in [0.05, 0.1) is 11.0 Å². The number of hydrogen-bond donors (Lipinski definition) is 2. The van der Waals surface area contributed by atoms with E-state index in [1.807, 2.05) is 0 Å². The number of halogens is 8. The Bertz CT molecular complexity index is 1090. The maximum Gasteiger partial charge on any atom is 0.199 e. The Kier molecular flexibility index (Phi) is 4.58. The fourth-order valence-electron chi connectivity index (χ4n) is 2.51. The lowest BCUT2D eigenvalue weighted by Crippen LogP contribution is -1.96. The van der Waals surface area contributed by atoms with Gasteiger partial charge in [-0.15, -0.1) is 0 Å². The fourth-order valence-corrected chi connectivity index (χ4v) is 2.51. The third kappa shape index (κ3) is 2.90. The molecule has 0 unspecified atom stereocenters. The number of rotatable bonds is 0. The van der Waals surface area contributed by atoms with Crippen LogP contribution in [0.25, 0.3) is 21.8 Å². The number of benzene rings is 2. The first kappa shape index (κ1) is 18.7. The molecule has 0 aliphatic rings. The molecule has 0 fully saturated rings. The SMILES string of the molecule is Cc1cc2c(F)c(F)c(F)c(F)c2[nH]1.Fc1c(F)c(F)c2[nH]ccc2c1F. The molecule has 0 radical (unpaired) electrons. The zero-order valence-electron chi connectivity index (χ0n) is 13.3. The molecule has 27 heavy (non-hydrogen) atoms. The molecule has 2 heterocycles. The molecule has 4 aromatic rings. The van der Waals surface area contributed by atoms with Crippen molar-refractivity contribution in [3.05, 3.63) is 70.6 Å². The molecule has 0 atom stereocenters. The van der Waals surface area contributed by atoms with Gasteiger partial charge in [-0.1, -0.05) is 0 Å². The summed E-state index contributed by atoms with van der Waals surface area (Å²) in [5.41, 5.74) is -0.280. The van der Waals surface area contributed by atoms with E-state index in [2.05, 4.69) is 9.97 Å². The summed E-state index contributed by atoms with van der Waals surface area (Å²) >= 11 is 0. The molecule has 2 nitrogen and oxygen atoms in total. The van der Waals surface area contributed by atoms with E-state index < -0.39 is 46.5 Å². The van der Waals surface area contributed by atoms with E-state index >= 15 is 0 Å². The molecule has 2 aromatic carbocycles. The third-order valence-electron chi connectivity index (χ3n) is 3.77. The van der Waals surface area contributed by atoms with Gasteiger partial charge in [-0.25, -0.2) is 35.1 Å². The van der Waals surface area contributed by atoms with Gasteiger partial charge in [-0.2, -0.15) is 0 Å². The Hall–Kier alpha value is -3.04. The topological polar surface area (TPSA) is 31.6 Å². The van der Waals surface area contributed by atoms with Gasteiger partial charge in [0, 0.05) is 22.7 Å². The molecule has 0 saturated heterocycles. The molecule has 0 amide bonds. The maximum absolute atomic E-state index is 13.1. The molecular weight excluding hydrogens is 384 g/mol. The minimum Gasteiger partial charge on any atom is -0.359 e. The highest BCUT2D eigenvalue weighted by Crippen LogP contribution is 2.27. The lowest BCUT2D eigenvalue weighted by atomic mass is 10.2. The number of aryl methyl sites for hydroxylation is 1. The van der Waals surface area contributed by atoms with Crippen LogP contribution >= 0.6 is 0 Å². The highest BCUT2D eigenvalue weighted by molar-refractivity contribution is 5.82. The predicted molar refractivity (Wildman–Crippen MR) is 81.0 cm³/mol. The van der Waals surface area contributed by atoms with Gasteiger partial charge in [-0.3, -0.25) is 0 Å². The molecule has 142 valence electrons. The maximum atomic E-state index is 13.1. The quantitative estimate of drug-likeness (QED) is 0.217. The van der Waals surface area contributed by atoms with Crippen molar-refractivity contribution >= 4 is 21.8 Å². The van der Waals surface area contributed by atoms with E-state index in [1.54, 1.807) is 0 Å². The van der Waals surface area contributed by atoms with Gasteiger partial charge < -0.3 is 9.97 Å². The second kappa shape index (κ2) is 6.60. The van der Waals surface area contributed by atoms with Crippen LogP contribution in [0.5, 0.6) is 0 Å². The van der Waals surface area contributed by atoms with Crippen LogP contribution in [0.1, 0.15) is 5.69 Å². The average Bonchev–Trinajstić information content (AvgIpc) is 3.28. The number of aromatic amines is 2.